The number of nitrogen functional groups attached to an aromatic ring is 1. The molecular formula is C11H16N6. The Bertz CT molecular complexity index is 534. The van der Waals surface area contributed by atoms with E-state index >= 15 is 0 Å². The molecule has 1 aliphatic rings. The number of imidazole rings is 1. The van der Waals surface area contributed by atoms with Gasteiger partial charge >= 0.3 is 0 Å². The molecule has 6 nitrogen and oxygen atoms in total. The Labute approximate surface area is 99.4 Å². The Morgan fingerprint density at radius 1 is 1.53 bits per heavy atom. The number of nitrogens with one attached hydrogen (secondary N) is 1. The van der Waals surface area contributed by atoms with Crippen molar-refractivity contribution in [3.8, 4) is 0 Å². The Morgan fingerprint density at radius 3 is 3.12 bits per heavy atom. The van der Waals surface area contributed by atoms with Crippen LogP contribution in [0, 0.1) is 5.92 Å². The molecule has 0 radical (unpaired) electrons. The van der Waals surface area contributed by atoms with Gasteiger partial charge in [0.1, 0.15) is 0 Å². The summed E-state index contributed by atoms with van der Waals surface area (Å²) in [5.74, 6) is 7.72. The van der Waals surface area contributed by atoms with Crippen molar-refractivity contribution < 1.29 is 0 Å². The van der Waals surface area contributed by atoms with Gasteiger partial charge in [-0.1, -0.05) is 6.92 Å². The van der Waals surface area contributed by atoms with Gasteiger partial charge in [0.25, 0.3) is 0 Å². The van der Waals surface area contributed by atoms with E-state index in [2.05, 4.69) is 27.2 Å². The second-order valence-corrected chi connectivity index (χ2v) is 4.59. The van der Waals surface area contributed by atoms with Gasteiger partial charge in [0.15, 0.2) is 17.3 Å². The van der Waals surface area contributed by atoms with Crippen LogP contribution in [0.25, 0.3) is 5.65 Å². The Kier molecular flexibility index (Phi) is 2.36. The standard InChI is InChI=1S/C11H16N6/c1-8-2-4-16(6-8)11-10-13-3-5-17(10)7-9(14-11)15-12/h3,5,7-8,15H,2,4,6,12H2,1H3. The van der Waals surface area contributed by atoms with Crippen molar-refractivity contribution in [2.45, 2.75) is 13.3 Å². The summed E-state index contributed by atoms with van der Waals surface area (Å²) >= 11 is 0. The fourth-order valence-corrected chi connectivity index (χ4v) is 2.32. The lowest BCUT2D eigenvalue weighted by atomic mass is 10.2. The van der Waals surface area contributed by atoms with Gasteiger partial charge in [-0.05, 0) is 12.3 Å². The highest BCUT2D eigenvalue weighted by atomic mass is 15.3. The Balaban J connectivity index is 2.10. The molecule has 2 aromatic heterocycles. The van der Waals surface area contributed by atoms with Crippen molar-refractivity contribution in [3.63, 3.8) is 0 Å². The summed E-state index contributed by atoms with van der Waals surface area (Å²) in [7, 11) is 0. The van der Waals surface area contributed by atoms with Crippen molar-refractivity contribution in [2.75, 3.05) is 23.4 Å². The van der Waals surface area contributed by atoms with Crippen LogP contribution in [0.15, 0.2) is 18.6 Å². The maximum Gasteiger partial charge on any atom is 0.180 e. The fourth-order valence-electron chi connectivity index (χ4n) is 2.32. The molecule has 2 aromatic rings. The summed E-state index contributed by atoms with van der Waals surface area (Å²) in [5.41, 5.74) is 3.48. The summed E-state index contributed by atoms with van der Waals surface area (Å²) in [6.07, 6.45) is 6.72. The average Bonchev–Trinajstić information content (AvgIpc) is 2.95. The molecule has 1 unspecified atom stereocenters. The van der Waals surface area contributed by atoms with Crippen molar-refractivity contribution in [3.05, 3.63) is 18.6 Å². The van der Waals surface area contributed by atoms with E-state index in [9.17, 15) is 0 Å². The first kappa shape index (κ1) is 10.3. The zero-order valence-electron chi connectivity index (χ0n) is 9.80. The molecule has 90 valence electrons. The van der Waals surface area contributed by atoms with Crippen molar-refractivity contribution in [1.82, 2.24) is 14.4 Å². The second-order valence-electron chi connectivity index (χ2n) is 4.59. The van der Waals surface area contributed by atoms with Gasteiger partial charge in [-0.15, -0.1) is 0 Å². The molecule has 1 atom stereocenters. The average molecular weight is 232 g/mol. The van der Waals surface area contributed by atoms with Gasteiger partial charge in [-0.25, -0.2) is 15.8 Å². The normalized spacial score (nSPS) is 20.1. The van der Waals surface area contributed by atoms with Crippen LogP contribution in [0.5, 0.6) is 0 Å². The lowest BCUT2D eigenvalue weighted by molar-refractivity contribution is 0.659. The highest BCUT2D eigenvalue weighted by molar-refractivity contribution is 5.67. The van der Waals surface area contributed by atoms with Crippen molar-refractivity contribution in [2.24, 2.45) is 11.8 Å². The molecule has 0 saturated carbocycles. The first-order valence-corrected chi connectivity index (χ1v) is 5.83. The smallest absolute Gasteiger partial charge is 0.180 e. The predicted molar refractivity (Wildman–Crippen MR) is 66.8 cm³/mol. The maximum absolute atomic E-state index is 5.44. The lowest BCUT2D eigenvalue weighted by Gasteiger charge is -2.18. The minimum Gasteiger partial charge on any atom is -0.353 e. The molecule has 3 heterocycles. The van der Waals surface area contributed by atoms with E-state index in [-0.39, 0.29) is 0 Å². The number of hydrogen-bond donors (Lipinski definition) is 2. The molecular weight excluding hydrogens is 216 g/mol. The van der Waals surface area contributed by atoms with Crippen molar-refractivity contribution in [1.29, 1.82) is 0 Å². The van der Waals surface area contributed by atoms with Crippen molar-refractivity contribution >= 4 is 17.3 Å². The monoisotopic (exact) mass is 232 g/mol. The molecule has 0 amide bonds. The largest absolute Gasteiger partial charge is 0.353 e. The summed E-state index contributed by atoms with van der Waals surface area (Å²) in [5, 5.41) is 0. The van der Waals surface area contributed by atoms with Gasteiger partial charge in [-0.2, -0.15) is 0 Å². The predicted octanol–water partition coefficient (Wildman–Crippen LogP) is 0.861. The summed E-state index contributed by atoms with van der Waals surface area (Å²) < 4.78 is 1.94. The van der Waals surface area contributed by atoms with Gasteiger partial charge in [0.2, 0.25) is 0 Å². The molecule has 17 heavy (non-hydrogen) atoms. The summed E-state index contributed by atoms with van der Waals surface area (Å²) in [4.78, 5) is 11.1. The molecule has 6 heteroatoms. The quantitative estimate of drug-likeness (QED) is 0.593. The van der Waals surface area contributed by atoms with Gasteiger partial charge < -0.3 is 14.7 Å². The third-order valence-corrected chi connectivity index (χ3v) is 3.23. The van der Waals surface area contributed by atoms with E-state index in [0.29, 0.717) is 11.7 Å². The van der Waals surface area contributed by atoms with E-state index in [1.807, 2.05) is 16.8 Å². The number of nitrogens with zero attached hydrogens (tertiary/aromatic N) is 4. The lowest BCUT2D eigenvalue weighted by Crippen LogP contribution is -2.22. The van der Waals surface area contributed by atoms with Crippen LogP contribution < -0.4 is 16.2 Å². The number of hydrogen-bond acceptors (Lipinski definition) is 5. The van der Waals surface area contributed by atoms with E-state index in [1.54, 1.807) is 6.20 Å². The van der Waals surface area contributed by atoms with Crippen LogP contribution in [0.4, 0.5) is 11.6 Å². The maximum atomic E-state index is 5.44. The third-order valence-electron chi connectivity index (χ3n) is 3.23. The van der Waals surface area contributed by atoms with Gasteiger partial charge in [0.05, 0.1) is 6.20 Å². The SMILES string of the molecule is CC1CCN(c2nc(NN)cn3ccnc23)C1. The van der Waals surface area contributed by atoms with E-state index < -0.39 is 0 Å². The summed E-state index contributed by atoms with van der Waals surface area (Å²) in [6, 6.07) is 0. The van der Waals surface area contributed by atoms with Crippen LogP contribution in [0.3, 0.4) is 0 Å². The first-order chi connectivity index (χ1) is 8.28. The van der Waals surface area contributed by atoms with Crippen LogP contribution in [0.1, 0.15) is 13.3 Å². The number of anilines is 2. The number of fused-ring (bicyclic) bond motifs is 1. The number of aromatic nitrogens is 3. The minimum atomic E-state index is 0.657. The molecule has 3 rings (SSSR count). The molecule has 3 N–H and O–H groups in total. The number of nitrogens with two attached hydrogens (primary N) is 1. The molecule has 1 saturated heterocycles. The molecule has 1 fully saturated rings. The van der Waals surface area contributed by atoms with E-state index in [0.717, 1.165) is 24.6 Å². The van der Waals surface area contributed by atoms with Gasteiger partial charge in [0, 0.05) is 25.5 Å². The Morgan fingerprint density at radius 2 is 2.41 bits per heavy atom. The fraction of sp³-hybridized carbons (Fsp3) is 0.455. The van der Waals surface area contributed by atoms with Crippen LogP contribution >= 0.6 is 0 Å². The molecule has 1 aliphatic heterocycles. The summed E-state index contributed by atoms with van der Waals surface area (Å²) in [6.45, 7) is 4.32. The number of hydrazine groups is 1. The molecule has 0 bridgehead atoms. The zero-order chi connectivity index (χ0) is 11.8. The van der Waals surface area contributed by atoms with Crippen LogP contribution in [-0.4, -0.2) is 27.5 Å². The minimum absolute atomic E-state index is 0.657. The topological polar surface area (TPSA) is 71.5 Å². The van der Waals surface area contributed by atoms with E-state index in [1.165, 1.54) is 6.42 Å². The first-order valence-electron chi connectivity index (χ1n) is 5.83. The van der Waals surface area contributed by atoms with Gasteiger partial charge in [-0.3, -0.25) is 0 Å². The zero-order valence-corrected chi connectivity index (χ0v) is 9.80. The number of rotatable bonds is 2. The van der Waals surface area contributed by atoms with Crippen LogP contribution in [0.2, 0.25) is 0 Å². The molecule has 0 aliphatic carbocycles. The highest BCUT2D eigenvalue weighted by Crippen LogP contribution is 2.26. The van der Waals surface area contributed by atoms with E-state index in [4.69, 9.17) is 5.84 Å². The molecule has 0 spiro atoms. The second kappa shape index (κ2) is 3.89. The highest BCUT2D eigenvalue weighted by Gasteiger charge is 2.22. The Hall–Kier alpha value is -1.82. The van der Waals surface area contributed by atoms with Crippen LogP contribution in [-0.2, 0) is 0 Å². The molecule has 0 aromatic carbocycles. The third kappa shape index (κ3) is 1.70.